The molecule has 1 saturated heterocycles. The minimum Gasteiger partial charge on any atom is -0.354 e. The summed E-state index contributed by atoms with van der Waals surface area (Å²) in [5.41, 5.74) is 0.276. The second-order valence-electron chi connectivity index (χ2n) is 6.42. The molecule has 31 heavy (non-hydrogen) atoms. The summed E-state index contributed by atoms with van der Waals surface area (Å²) in [6.07, 6.45) is 1.20. The smallest absolute Gasteiger partial charge is 0.293 e. The molecule has 1 aliphatic rings. The number of hydrogen-bond donors (Lipinski definition) is 1. The van der Waals surface area contributed by atoms with Crippen LogP contribution in [0.25, 0.3) is 6.08 Å². The molecule has 1 aliphatic heterocycles. The normalized spacial score (nSPS) is 14.9. The number of thioether (sulfide) groups is 1. The summed E-state index contributed by atoms with van der Waals surface area (Å²) >= 11 is 6.47. The van der Waals surface area contributed by atoms with Gasteiger partial charge in [0.15, 0.2) is 0 Å². The predicted octanol–water partition coefficient (Wildman–Crippen LogP) is 3.78. The molecule has 0 atom stereocenters. The topological polar surface area (TPSA) is 110 Å². The number of halogens is 2. The zero-order valence-electron chi connectivity index (χ0n) is 15.8. The largest absolute Gasteiger partial charge is 0.354 e. The van der Waals surface area contributed by atoms with E-state index in [1.165, 1.54) is 42.5 Å². The first kappa shape index (κ1) is 22.4. The third-order valence-corrected chi connectivity index (χ3v) is 5.53. The van der Waals surface area contributed by atoms with Crippen LogP contribution in [-0.2, 0) is 16.0 Å². The van der Waals surface area contributed by atoms with Gasteiger partial charge in [-0.2, -0.15) is 0 Å². The molecular weight excluding hydrogens is 449 g/mol. The highest BCUT2D eigenvalue weighted by molar-refractivity contribution is 8.18. The Hall–Kier alpha value is -3.24. The highest BCUT2D eigenvalue weighted by atomic mass is 35.5. The number of amides is 3. The number of imide groups is 1. The number of nitrogens with one attached hydrogen (secondary N) is 1. The van der Waals surface area contributed by atoms with Gasteiger partial charge in [0.05, 0.1) is 16.2 Å². The van der Waals surface area contributed by atoms with E-state index < -0.39 is 27.8 Å². The maximum Gasteiger partial charge on any atom is 0.293 e. The van der Waals surface area contributed by atoms with E-state index in [2.05, 4.69) is 5.32 Å². The van der Waals surface area contributed by atoms with Crippen molar-refractivity contribution in [3.05, 3.63) is 79.5 Å². The van der Waals surface area contributed by atoms with E-state index >= 15 is 0 Å². The molecular formula is C20H15ClFN3O5S. The fraction of sp³-hybridized carbons (Fsp3) is 0.150. The van der Waals surface area contributed by atoms with Crippen molar-refractivity contribution in [1.29, 1.82) is 0 Å². The maximum absolute atomic E-state index is 13.6. The van der Waals surface area contributed by atoms with Crippen molar-refractivity contribution in [2.24, 2.45) is 0 Å². The second-order valence-corrected chi connectivity index (χ2v) is 7.82. The Kier molecular flexibility index (Phi) is 7.03. The van der Waals surface area contributed by atoms with E-state index in [0.717, 1.165) is 4.90 Å². The van der Waals surface area contributed by atoms with Gasteiger partial charge in [0.1, 0.15) is 10.8 Å². The van der Waals surface area contributed by atoms with E-state index in [-0.39, 0.29) is 40.7 Å². The van der Waals surface area contributed by atoms with E-state index in [1.807, 2.05) is 0 Å². The summed E-state index contributed by atoms with van der Waals surface area (Å²) in [6.45, 7) is -0.0587. The summed E-state index contributed by atoms with van der Waals surface area (Å²) in [5, 5.41) is 13.0. The maximum atomic E-state index is 13.6. The van der Waals surface area contributed by atoms with Gasteiger partial charge < -0.3 is 5.32 Å². The molecule has 0 aliphatic carbocycles. The number of nitrogens with zero attached hydrogens (tertiary/aromatic N) is 2. The molecule has 0 spiro atoms. The first-order valence-electron chi connectivity index (χ1n) is 8.95. The molecule has 160 valence electrons. The lowest BCUT2D eigenvalue weighted by atomic mass is 10.1. The Balaban J connectivity index is 1.60. The van der Waals surface area contributed by atoms with Gasteiger partial charge in [-0.15, -0.1) is 0 Å². The van der Waals surface area contributed by atoms with Crippen molar-refractivity contribution in [1.82, 2.24) is 10.2 Å². The minimum atomic E-state index is -0.643. The van der Waals surface area contributed by atoms with Crippen LogP contribution in [0, 0.1) is 15.9 Å². The van der Waals surface area contributed by atoms with Gasteiger partial charge >= 0.3 is 0 Å². The van der Waals surface area contributed by atoms with Crippen LogP contribution in [0.5, 0.6) is 0 Å². The van der Waals surface area contributed by atoms with Crippen molar-refractivity contribution in [3.8, 4) is 0 Å². The Bertz CT molecular complexity index is 1110. The predicted molar refractivity (Wildman–Crippen MR) is 114 cm³/mol. The van der Waals surface area contributed by atoms with Crippen molar-refractivity contribution in [3.63, 3.8) is 0 Å². The molecule has 0 bridgehead atoms. The molecule has 2 aromatic rings. The molecule has 1 fully saturated rings. The fourth-order valence-corrected chi connectivity index (χ4v) is 3.84. The lowest BCUT2D eigenvalue weighted by molar-refractivity contribution is -0.384. The van der Waals surface area contributed by atoms with E-state index in [9.17, 15) is 28.9 Å². The molecule has 1 heterocycles. The molecule has 3 rings (SSSR count). The van der Waals surface area contributed by atoms with Crippen LogP contribution in [-0.4, -0.2) is 40.0 Å². The Morgan fingerprint density at radius 1 is 1.26 bits per heavy atom. The molecule has 3 amide bonds. The Morgan fingerprint density at radius 2 is 2.00 bits per heavy atom. The first-order valence-corrected chi connectivity index (χ1v) is 10.1. The average Bonchev–Trinajstić information content (AvgIpc) is 2.98. The van der Waals surface area contributed by atoms with Gasteiger partial charge in [-0.05, 0) is 41.1 Å². The van der Waals surface area contributed by atoms with Gasteiger partial charge in [0, 0.05) is 19.2 Å². The monoisotopic (exact) mass is 463 g/mol. The molecule has 8 nitrogen and oxygen atoms in total. The molecule has 11 heteroatoms. The van der Waals surface area contributed by atoms with Crippen molar-refractivity contribution < 1.29 is 23.7 Å². The third kappa shape index (κ3) is 5.47. The Morgan fingerprint density at radius 3 is 2.71 bits per heavy atom. The summed E-state index contributed by atoms with van der Waals surface area (Å²) < 4.78 is 13.6. The number of carbonyl (C=O) groups is 3. The van der Waals surface area contributed by atoms with Crippen LogP contribution < -0.4 is 5.32 Å². The minimum absolute atomic E-state index is 0.00498. The average molecular weight is 464 g/mol. The quantitative estimate of drug-likeness (QED) is 0.380. The van der Waals surface area contributed by atoms with Gasteiger partial charge in [0.2, 0.25) is 5.91 Å². The first-order chi connectivity index (χ1) is 14.8. The second kappa shape index (κ2) is 9.71. The molecule has 0 saturated carbocycles. The summed E-state index contributed by atoms with van der Waals surface area (Å²) in [5.74, 6) is -1.51. The molecule has 2 aromatic carbocycles. The highest BCUT2D eigenvalue weighted by Gasteiger charge is 2.34. The number of hydrogen-bond acceptors (Lipinski definition) is 6. The lowest BCUT2D eigenvalue weighted by Gasteiger charge is -2.13. The fourth-order valence-electron chi connectivity index (χ4n) is 2.79. The van der Waals surface area contributed by atoms with Crippen LogP contribution in [0.4, 0.5) is 14.9 Å². The van der Waals surface area contributed by atoms with E-state index in [4.69, 9.17) is 11.6 Å². The number of nitro groups is 1. The number of benzene rings is 2. The van der Waals surface area contributed by atoms with Gasteiger partial charge in [-0.3, -0.25) is 29.4 Å². The Labute approximate surface area is 185 Å². The zero-order chi connectivity index (χ0) is 22.5. The number of nitro benzene ring substituents is 1. The van der Waals surface area contributed by atoms with Crippen molar-refractivity contribution in [2.75, 3.05) is 13.1 Å². The number of rotatable bonds is 7. The van der Waals surface area contributed by atoms with Crippen LogP contribution >= 0.6 is 23.4 Å². The SMILES string of the molecule is O=C(Cc1ccccc1F)NCCN1C(=O)S/C(=C\c2ccc(Cl)c([N+](=O)[O-])c2)C1=O. The standard InChI is InChI=1S/C20H15ClFN3O5S/c21-14-6-5-12(9-16(14)25(29)30)10-17-19(27)24(20(28)31-17)8-7-23-18(26)11-13-3-1-2-4-15(13)22/h1-6,9-10H,7-8,11H2,(H,23,26)/b17-10-. The van der Waals surface area contributed by atoms with Crippen LogP contribution in [0.2, 0.25) is 5.02 Å². The molecule has 0 radical (unpaired) electrons. The van der Waals surface area contributed by atoms with Gasteiger partial charge in [0.25, 0.3) is 16.8 Å². The van der Waals surface area contributed by atoms with Crippen LogP contribution in [0.15, 0.2) is 47.4 Å². The van der Waals surface area contributed by atoms with Gasteiger partial charge in [-0.25, -0.2) is 4.39 Å². The lowest BCUT2D eigenvalue weighted by Crippen LogP contribution is -2.37. The summed E-state index contributed by atoms with van der Waals surface area (Å²) in [4.78, 5) is 48.1. The van der Waals surface area contributed by atoms with Gasteiger partial charge in [-0.1, -0.05) is 35.9 Å². The van der Waals surface area contributed by atoms with E-state index in [0.29, 0.717) is 17.3 Å². The highest BCUT2D eigenvalue weighted by Crippen LogP contribution is 2.33. The van der Waals surface area contributed by atoms with Crippen LogP contribution in [0.3, 0.4) is 0 Å². The van der Waals surface area contributed by atoms with E-state index in [1.54, 1.807) is 6.07 Å². The van der Waals surface area contributed by atoms with Crippen molar-refractivity contribution in [2.45, 2.75) is 6.42 Å². The number of carbonyl (C=O) groups excluding carboxylic acids is 3. The van der Waals surface area contributed by atoms with Crippen molar-refractivity contribution >= 4 is 52.2 Å². The zero-order valence-corrected chi connectivity index (χ0v) is 17.4. The van der Waals surface area contributed by atoms with Crippen LogP contribution in [0.1, 0.15) is 11.1 Å². The molecule has 1 N–H and O–H groups in total. The molecule has 0 aromatic heterocycles. The molecule has 0 unspecified atom stereocenters. The summed E-state index contributed by atoms with van der Waals surface area (Å²) in [7, 11) is 0. The third-order valence-electron chi connectivity index (χ3n) is 4.30. The summed E-state index contributed by atoms with van der Waals surface area (Å²) in [6, 6.07) is 9.92.